The fraction of sp³-hybridized carbons (Fsp3) is 0.130. The smallest absolute Gasteiger partial charge is 0.177 e. The Kier molecular flexibility index (Phi) is 5.47. The zero-order valence-electron chi connectivity index (χ0n) is 28.4. The van der Waals surface area contributed by atoms with Crippen LogP contribution in [0.2, 0.25) is 0 Å². The van der Waals surface area contributed by atoms with Crippen molar-refractivity contribution >= 4 is 71.2 Å². The summed E-state index contributed by atoms with van der Waals surface area (Å²) >= 11 is 0. The topological polar surface area (TPSA) is 32.2 Å². The van der Waals surface area contributed by atoms with E-state index in [9.17, 15) is 0 Å². The zero-order valence-corrected chi connectivity index (χ0v) is 28.4. The van der Waals surface area contributed by atoms with Crippen molar-refractivity contribution in [2.24, 2.45) is 0 Å². The quantitative estimate of drug-likeness (QED) is 0.187. The van der Waals surface area contributed by atoms with Crippen LogP contribution >= 0.6 is 0 Å². The number of aromatic nitrogens is 2. The average Bonchev–Trinajstić information content (AvgIpc) is 3.88. The Labute approximate surface area is 289 Å². The van der Waals surface area contributed by atoms with E-state index < -0.39 is 0 Å². The first-order valence-electron chi connectivity index (χ1n) is 17.5. The highest BCUT2D eigenvalue weighted by molar-refractivity contribution is 6.13. The van der Waals surface area contributed by atoms with Crippen molar-refractivity contribution in [2.45, 2.75) is 39.7 Å². The van der Waals surface area contributed by atoms with Crippen LogP contribution in [-0.4, -0.2) is 15.2 Å². The maximum atomic E-state index is 6.92. The molecule has 0 saturated heterocycles. The molecule has 1 aliphatic heterocycles. The van der Waals surface area contributed by atoms with E-state index in [2.05, 4.69) is 158 Å². The summed E-state index contributed by atoms with van der Waals surface area (Å²) in [7, 11) is 0. The van der Waals surface area contributed by atoms with Gasteiger partial charge in [-0.2, -0.15) is 0 Å². The third kappa shape index (κ3) is 3.50. The molecule has 4 heterocycles. The molecule has 0 N–H and O–H groups in total. The molecule has 2 atom stereocenters. The largest absolute Gasteiger partial charge is 0.481 e. The number of allylic oxidation sites excluding steroid dienone is 2. The van der Waals surface area contributed by atoms with Gasteiger partial charge in [-0.05, 0) is 98.5 Å². The molecular weight excluding hydrogens is 613 g/mol. The minimum absolute atomic E-state index is 0.0786. The molecule has 4 nitrogen and oxygen atoms in total. The Hall–Kier alpha value is -6.00. The van der Waals surface area contributed by atoms with Crippen LogP contribution in [0.15, 0.2) is 131 Å². The summed E-state index contributed by atoms with van der Waals surface area (Å²) in [6, 6.07) is 39.4. The molecule has 6 aromatic carbocycles. The number of hydrogen-bond acceptors (Lipinski definition) is 2. The molecule has 0 radical (unpaired) electrons. The van der Waals surface area contributed by atoms with Gasteiger partial charge in [-0.1, -0.05) is 72.8 Å². The lowest BCUT2D eigenvalue weighted by molar-refractivity contribution is 0.268. The van der Waals surface area contributed by atoms with E-state index in [1.54, 1.807) is 0 Å². The number of aryl methyl sites for hydroxylation is 2. The van der Waals surface area contributed by atoms with Crippen molar-refractivity contribution in [3.05, 3.63) is 149 Å². The monoisotopic (exact) mass is 646 g/mol. The van der Waals surface area contributed by atoms with Crippen molar-refractivity contribution in [1.82, 2.24) is 9.13 Å². The standard InChI is InChI=1S/C46H34N2O2/c1-25-21-41-33(23-39(25)47-35-17-9-5-13-29(35)30-14-6-10-18-36(30)47)43-27(3)28(4)44-34-24-40(26(2)22-42(34)50-46(44)45(43)49-41)48-37-19-11-7-15-31(37)32-16-8-12-20-38(32)48/h5-24,33,41H,1-4H3. The first-order chi connectivity index (χ1) is 24.5. The van der Waals surface area contributed by atoms with Gasteiger partial charge in [0.15, 0.2) is 11.3 Å². The third-order valence-electron chi connectivity index (χ3n) is 11.5. The molecule has 50 heavy (non-hydrogen) atoms. The van der Waals surface area contributed by atoms with Crippen molar-refractivity contribution in [2.75, 3.05) is 0 Å². The fourth-order valence-electron chi connectivity index (χ4n) is 9.14. The van der Waals surface area contributed by atoms with Crippen molar-refractivity contribution in [3.63, 3.8) is 0 Å². The average molecular weight is 647 g/mol. The van der Waals surface area contributed by atoms with Crippen LogP contribution in [0.1, 0.15) is 35.1 Å². The summed E-state index contributed by atoms with van der Waals surface area (Å²) in [5, 5.41) is 7.33. The van der Waals surface area contributed by atoms with Crippen LogP contribution < -0.4 is 4.74 Å². The molecule has 3 aromatic heterocycles. The number of benzene rings is 6. The Bertz CT molecular complexity index is 2910. The highest BCUT2D eigenvalue weighted by Gasteiger charge is 2.40. The molecule has 240 valence electrons. The van der Waals surface area contributed by atoms with Crippen LogP contribution in [-0.2, 0) is 0 Å². The maximum absolute atomic E-state index is 6.92. The van der Waals surface area contributed by atoms with E-state index in [1.807, 2.05) is 0 Å². The second-order valence-corrected chi connectivity index (χ2v) is 14.2. The van der Waals surface area contributed by atoms with E-state index in [0.29, 0.717) is 0 Å². The summed E-state index contributed by atoms with van der Waals surface area (Å²) < 4.78 is 18.6. The van der Waals surface area contributed by atoms with Crippen LogP contribution in [0.25, 0.3) is 76.9 Å². The second-order valence-electron chi connectivity index (χ2n) is 14.2. The summed E-state index contributed by atoms with van der Waals surface area (Å²) in [6.07, 6.45) is 4.67. The highest BCUT2D eigenvalue weighted by atomic mass is 16.5. The van der Waals surface area contributed by atoms with Crippen molar-refractivity contribution < 1.29 is 9.15 Å². The van der Waals surface area contributed by atoms with Gasteiger partial charge in [-0.3, -0.25) is 0 Å². The highest BCUT2D eigenvalue weighted by Crippen LogP contribution is 2.53. The van der Waals surface area contributed by atoms with E-state index in [4.69, 9.17) is 9.15 Å². The second kappa shape index (κ2) is 9.79. The van der Waals surface area contributed by atoms with Gasteiger partial charge in [0.2, 0.25) is 0 Å². The Balaban J connectivity index is 1.13. The SMILES string of the molecule is CC1=CC2Oc3c(c(C)c(C)c4c3oc3cc(C)c(-n5c6ccccc6c6ccccc65)cc34)C2C=C1n1c2ccccc2c2ccccc21. The van der Waals surface area contributed by atoms with Gasteiger partial charge in [-0.25, -0.2) is 0 Å². The molecule has 2 aliphatic rings. The van der Waals surface area contributed by atoms with E-state index in [-0.39, 0.29) is 12.0 Å². The summed E-state index contributed by atoms with van der Waals surface area (Å²) in [5.41, 5.74) is 15.1. The normalized spacial score (nSPS) is 17.2. The predicted octanol–water partition coefficient (Wildman–Crippen LogP) is 12.1. The number of fused-ring (bicyclic) bond motifs is 13. The molecule has 0 fully saturated rings. The minimum Gasteiger partial charge on any atom is -0.481 e. The van der Waals surface area contributed by atoms with Gasteiger partial charge in [0.25, 0.3) is 0 Å². The summed E-state index contributed by atoms with van der Waals surface area (Å²) in [4.78, 5) is 0. The number of furan rings is 1. The Morgan fingerprint density at radius 1 is 0.560 bits per heavy atom. The molecule has 11 rings (SSSR count). The minimum atomic E-state index is -0.0892. The van der Waals surface area contributed by atoms with Crippen molar-refractivity contribution in [3.8, 4) is 11.4 Å². The molecule has 0 amide bonds. The van der Waals surface area contributed by atoms with Gasteiger partial charge >= 0.3 is 0 Å². The molecule has 0 bridgehead atoms. The fourth-order valence-corrected chi connectivity index (χ4v) is 9.14. The van der Waals surface area contributed by atoms with Crippen LogP contribution in [0, 0.1) is 20.8 Å². The van der Waals surface area contributed by atoms with E-state index >= 15 is 0 Å². The third-order valence-corrected chi connectivity index (χ3v) is 11.5. The van der Waals surface area contributed by atoms with Crippen LogP contribution in [0.5, 0.6) is 5.75 Å². The predicted molar refractivity (Wildman–Crippen MR) is 207 cm³/mol. The van der Waals surface area contributed by atoms with Gasteiger partial charge in [0.1, 0.15) is 11.7 Å². The van der Waals surface area contributed by atoms with Crippen LogP contribution in [0.3, 0.4) is 0 Å². The zero-order chi connectivity index (χ0) is 33.4. The molecule has 9 aromatic rings. The first kappa shape index (κ1) is 27.9. The molecule has 0 saturated carbocycles. The maximum Gasteiger partial charge on any atom is 0.177 e. The lowest BCUT2D eigenvalue weighted by Gasteiger charge is -2.24. The lowest BCUT2D eigenvalue weighted by Crippen LogP contribution is -2.20. The van der Waals surface area contributed by atoms with E-state index in [1.165, 1.54) is 82.8 Å². The summed E-state index contributed by atoms with van der Waals surface area (Å²) in [6.45, 7) is 8.92. The van der Waals surface area contributed by atoms with Gasteiger partial charge < -0.3 is 18.3 Å². The number of ether oxygens (including phenoxy) is 1. The Morgan fingerprint density at radius 2 is 1.10 bits per heavy atom. The molecule has 2 unspecified atom stereocenters. The van der Waals surface area contributed by atoms with Crippen LogP contribution in [0.4, 0.5) is 0 Å². The van der Waals surface area contributed by atoms with Gasteiger partial charge in [-0.15, -0.1) is 0 Å². The summed E-state index contributed by atoms with van der Waals surface area (Å²) in [5.74, 6) is 0.962. The molecule has 4 heteroatoms. The number of nitrogens with zero attached hydrogens (tertiary/aromatic N) is 2. The molecule has 1 aliphatic carbocycles. The Morgan fingerprint density at radius 3 is 1.68 bits per heavy atom. The first-order valence-corrected chi connectivity index (χ1v) is 17.5. The lowest BCUT2D eigenvalue weighted by atomic mass is 9.84. The number of para-hydroxylation sites is 4. The van der Waals surface area contributed by atoms with Gasteiger partial charge in [0.05, 0.1) is 22.1 Å². The van der Waals surface area contributed by atoms with E-state index in [0.717, 1.165) is 27.7 Å². The number of hydrogen-bond donors (Lipinski definition) is 0. The van der Waals surface area contributed by atoms with Crippen molar-refractivity contribution in [1.29, 1.82) is 0 Å². The molecular formula is C46H34N2O2. The molecule has 0 spiro atoms. The number of rotatable bonds is 2. The van der Waals surface area contributed by atoms with Gasteiger partial charge in [0, 0.05) is 55.2 Å².